The summed E-state index contributed by atoms with van der Waals surface area (Å²) in [5.41, 5.74) is 7.70. The van der Waals surface area contributed by atoms with Crippen molar-refractivity contribution in [1.29, 1.82) is 0 Å². The molecule has 0 saturated carbocycles. The number of nitrogens with one attached hydrogen (secondary N) is 1. The normalized spacial score (nSPS) is 12.9. The van der Waals surface area contributed by atoms with Gasteiger partial charge in [0.15, 0.2) is 9.84 Å². The monoisotopic (exact) mass is 810 g/mol. The van der Waals surface area contributed by atoms with Gasteiger partial charge in [-0.1, -0.05) is 56.7 Å². The van der Waals surface area contributed by atoms with Crippen LogP contribution in [0, 0.1) is 0 Å². The van der Waals surface area contributed by atoms with Gasteiger partial charge in [0.1, 0.15) is 12.4 Å². The fourth-order valence-corrected chi connectivity index (χ4v) is 5.30. The number of carbonyl (C=O) groups excluding carboxylic acids is 6. The van der Waals surface area contributed by atoms with Crippen LogP contribution in [-0.4, -0.2) is 94.6 Å². The average molecular weight is 812 g/mol. The molecular formula is C32H35N5O10S2Tc. The predicted octanol–water partition coefficient (Wildman–Crippen LogP) is 1.87. The first kappa shape index (κ1) is 42.1. The van der Waals surface area contributed by atoms with E-state index in [4.69, 9.17) is 14.0 Å². The van der Waals surface area contributed by atoms with Crippen LogP contribution in [0.1, 0.15) is 47.2 Å². The van der Waals surface area contributed by atoms with Crippen LogP contribution in [-0.2, 0) is 73.5 Å². The molecule has 1 atom stereocenters. The summed E-state index contributed by atoms with van der Waals surface area (Å²) in [7, 11) is -3.40. The van der Waals surface area contributed by atoms with Gasteiger partial charge in [-0.05, 0) is 54.8 Å². The molecule has 0 radical (unpaired) electrons. The number of esters is 1. The molecule has 1 heterocycles. The zero-order chi connectivity index (χ0) is 37.3. The van der Waals surface area contributed by atoms with E-state index in [2.05, 4.69) is 33.9 Å². The summed E-state index contributed by atoms with van der Waals surface area (Å²) in [6, 6.07) is 11.2. The topological polar surface area (TPSA) is 243 Å². The third-order valence-corrected chi connectivity index (χ3v) is 8.50. The van der Waals surface area contributed by atoms with Crippen LogP contribution in [0.3, 0.4) is 0 Å². The molecular weight excluding hydrogens is 777 g/mol. The minimum absolute atomic E-state index is 0.00710. The summed E-state index contributed by atoms with van der Waals surface area (Å²) >= 11 is 5.42. The van der Waals surface area contributed by atoms with E-state index in [1.54, 1.807) is 24.3 Å². The Labute approximate surface area is 305 Å². The molecule has 50 heavy (non-hydrogen) atoms. The predicted molar refractivity (Wildman–Crippen MR) is 180 cm³/mol. The number of hydrogen-bond donors (Lipinski definition) is 2. The van der Waals surface area contributed by atoms with Crippen molar-refractivity contribution in [3.8, 4) is 0 Å². The average Bonchev–Trinajstić information content (AvgIpc) is 3.51. The van der Waals surface area contributed by atoms with Gasteiger partial charge in [-0.2, -0.15) is 0 Å². The van der Waals surface area contributed by atoms with Gasteiger partial charge in [0.05, 0.1) is 16.5 Å². The van der Waals surface area contributed by atoms with Gasteiger partial charge in [0, 0.05) is 35.1 Å². The van der Waals surface area contributed by atoms with Crippen molar-refractivity contribution >= 4 is 69.0 Å². The second-order valence-corrected chi connectivity index (χ2v) is 13.0. The molecule has 1 aliphatic heterocycles. The van der Waals surface area contributed by atoms with E-state index >= 15 is 0 Å². The summed E-state index contributed by atoms with van der Waals surface area (Å²) in [4.78, 5) is 73.8. The number of ether oxygens (including phenoxy) is 1. The number of amides is 4. The number of rotatable bonds is 18. The number of nitrogens with two attached hydrogens (primary N) is 1. The van der Waals surface area contributed by atoms with Crippen LogP contribution < -0.4 is 11.1 Å². The van der Waals surface area contributed by atoms with Gasteiger partial charge in [-0.15, -0.1) is 5.75 Å². The summed E-state index contributed by atoms with van der Waals surface area (Å²) in [5, 5.41) is 13.2. The number of hydrogen-bond acceptors (Lipinski definition) is 12. The van der Waals surface area contributed by atoms with E-state index in [1.807, 2.05) is 0 Å². The number of ketones is 1. The number of Topliss-reactive ketones (excluding diaryl/α,β-unsaturated/α-hetero) is 1. The summed E-state index contributed by atoms with van der Waals surface area (Å²) < 4.78 is 37.1. The summed E-state index contributed by atoms with van der Waals surface area (Å²) in [6.45, 7) is -1.25. The van der Waals surface area contributed by atoms with Crippen molar-refractivity contribution in [3.63, 3.8) is 0 Å². The maximum absolute atomic E-state index is 13.2. The Kier molecular flexibility index (Phi) is 17.8. The third kappa shape index (κ3) is 13.3. The fraction of sp³-hybridized carbons (Fsp3) is 0.375. The van der Waals surface area contributed by atoms with E-state index in [1.165, 1.54) is 24.3 Å². The minimum atomic E-state index is -3.40. The van der Waals surface area contributed by atoms with Crippen LogP contribution in [0.5, 0.6) is 0 Å². The Morgan fingerprint density at radius 2 is 1.42 bits per heavy atom. The number of nitrogens with zero attached hydrogens (tertiary/aromatic N) is 3. The van der Waals surface area contributed by atoms with E-state index in [9.17, 15) is 37.2 Å². The van der Waals surface area contributed by atoms with Crippen LogP contribution in [0.25, 0.3) is 27.1 Å². The molecule has 1 unspecified atom stereocenters. The molecule has 1 aliphatic rings. The second kappa shape index (κ2) is 21.2. The number of cyclic esters (lactones) is 1. The fourth-order valence-electron chi connectivity index (χ4n) is 4.57. The van der Waals surface area contributed by atoms with Gasteiger partial charge >= 0.3 is 28.3 Å². The molecule has 4 amide bonds. The first-order valence-electron chi connectivity index (χ1n) is 15.0. The summed E-state index contributed by atoms with van der Waals surface area (Å²) in [5.74, 6) is -4.22. The van der Waals surface area contributed by atoms with Crippen molar-refractivity contribution in [2.75, 3.05) is 44.8 Å². The Morgan fingerprint density at radius 3 is 1.98 bits per heavy atom. The van der Waals surface area contributed by atoms with Crippen molar-refractivity contribution in [1.82, 2.24) is 5.32 Å². The molecule has 2 aromatic carbocycles. The first-order valence-corrected chi connectivity index (χ1v) is 18.3. The van der Waals surface area contributed by atoms with Gasteiger partial charge in [0.2, 0.25) is 0 Å². The quantitative estimate of drug-likeness (QED) is 0.125. The molecule has 0 spiro atoms. The first-order chi connectivity index (χ1) is 23.8. The molecule has 2 aromatic rings. The van der Waals surface area contributed by atoms with Crippen molar-refractivity contribution in [2.45, 2.75) is 36.6 Å². The Bertz CT molecular complexity index is 1680. The Balaban J connectivity index is 0.00000425. The molecule has 0 aliphatic carbocycles. The van der Waals surface area contributed by atoms with Crippen molar-refractivity contribution < 1.29 is 64.3 Å². The molecule has 3 rings (SSSR count). The third-order valence-electron chi connectivity index (χ3n) is 7.13. The number of carbonyl (C=O) groups is 6. The van der Waals surface area contributed by atoms with Crippen molar-refractivity contribution in [3.05, 3.63) is 81.2 Å². The van der Waals surface area contributed by atoms with Gasteiger partial charge in [-0.3, -0.25) is 9.59 Å². The zero-order valence-electron chi connectivity index (χ0n) is 27.0. The van der Waals surface area contributed by atoms with E-state index in [0.29, 0.717) is 36.1 Å². The standard InChI is InChI=1S/C32H39N5O9S2.O.Tc/c1-48(44,45)23-12-10-20(11-13-23)24-18-46-32(43)30(24)21-6-8-22(9-7-21)31(42)37-25(5-3-2-4-14-33)26(38)15-34-27(39)16-35-28(40)17-36-29(41)19-47;;/h6-13,25H,2-5,14-19,33H2,1H3,(H5,34,35,36,37,39,40,41,42,47);;/q;;+4/p-4. The summed E-state index contributed by atoms with van der Waals surface area (Å²) in [6.07, 6.45) is 3.38. The van der Waals surface area contributed by atoms with E-state index in [0.717, 1.165) is 31.5 Å². The molecule has 0 saturated heterocycles. The Morgan fingerprint density at radius 1 is 0.860 bits per heavy atom. The number of unbranched alkanes of at least 4 members (excludes halogenated alkanes) is 2. The van der Waals surface area contributed by atoms with Crippen LogP contribution >= 0.6 is 0 Å². The SMILES string of the molecule is CS(=O)(=O)c1ccc(C2=C(c3ccc(C(=O)NC(CCCCCN)C(=O)C[N-]C(=O)C[N-]C(=O)C[N-]C(=O)C[S-])cc3)C(=O)OC2)cc1.[O]=[Tc+4]. The number of sulfone groups is 1. The van der Waals surface area contributed by atoms with E-state index in [-0.39, 0.29) is 34.8 Å². The maximum atomic E-state index is 13.2. The van der Waals surface area contributed by atoms with Gasteiger partial charge in [-0.25, -0.2) is 13.2 Å². The zero-order valence-corrected chi connectivity index (χ0v) is 30.5. The molecule has 0 fully saturated rings. The van der Waals surface area contributed by atoms with Gasteiger partial charge in [0.25, 0.3) is 5.91 Å². The van der Waals surface area contributed by atoms with Crippen LogP contribution in [0.15, 0.2) is 53.4 Å². The van der Waals surface area contributed by atoms with Crippen LogP contribution in [0.2, 0.25) is 0 Å². The van der Waals surface area contributed by atoms with Gasteiger partial charge < -0.3 is 58.8 Å². The van der Waals surface area contributed by atoms with Crippen LogP contribution in [0.4, 0.5) is 0 Å². The molecule has 18 heteroatoms. The number of benzene rings is 2. The molecule has 15 nitrogen and oxygen atoms in total. The molecule has 0 bridgehead atoms. The molecule has 267 valence electrons. The Hall–Kier alpha value is -4.09. The van der Waals surface area contributed by atoms with Crippen molar-refractivity contribution in [2.24, 2.45) is 5.73 Å². The second-order valence-electron chi connectivity index (χ2n) is 10.7. The van der Waals surface area contributed by atoms with E-state index < -0.39 is 70.9 Å². The molecule has 0 aromatic heterocycles. The molecule has 3 N–H and O–H groups in total.